The molecule has 0 aromatic heterocycles. The molecule has 1 atom stereocenters. The number of benzene rings is 3. The standard InChI is InChI=1S/C39H54IN3O3Si/c1-38(2,3)46-37(44)29-41-23-21-31(22-24-41)27-42-25-26-43(33-19-17-32(40)18-20-33)28-34(42)30-45-47(39(4,5)6,35-13-9-7-10-14-35)36-15-11-8-12-16-36/h7-20,31,34H,21-30H2,1-6H3/t34-/m0/s1. The summed E-state index contributed by atoms with van der Waals surface area (Å²) in [5, 5.41) is 2.59. The van der Waals surface area contributed by atoms with Gasteiger partial charge in [-0.1, -0.05) is 81.4 Å². The minimum atomic E-state index is -2.66. The third kappa shape index (κ3) is 9.26. The number of carbonyl (C=O) groups is 1. The maximum absolute atomic E-state index is 12.5. The number of likely N-dealkylation sites (tertiary alicyclic amines) is 1. The van der Waals surface area contributed by atoms with Crippen LogP contribution in [0.25, 0.3) is 0 Å². The van der Waals surface area contributed by atoms with Crippen molar-refractivity contribution >= 4 is 52.9 Å². The highest BCUT2D eigenvalue weighted by atomic mass is 127. The number of nitrogens with zero attached hydrogens (tertiary/aromatic N) is 3. The molecule has 0 spiro atoms. The van der Waals surface area contributed by atoms with Crippen molar-refractivity contribution in [2.45, 2.75) is 71.1 Å². The van der Waals surface area contributed by atoms with Crippen LogP contribution < -0.4 is 15.3 Å². The number of esters is 1. The molecule has 0 radical (unpaired) electrons. The summed E-state index contributed by atoms with van der Waals surface area (Å²) in [6.07, 6.45) is 2.20. The Balaban J connectivity index is 1.35. The molecule has 2 aliphatic rings. The molecule has 0 N–H and O–H groups in total. The number of ether oxygens (including phenoxy) is 1. The quantitative estimate of drug-likeness (QED) is 0.135. The lowest BCUT2D eigenvalue weighted by Crippen LogP contribution is -2.68. The SMILES string of the molecule is CC(C)(C)OC(=O)CN1CCC(CN2CCN(c3ccc(I)cc3)C[C@H]2CO[Si](c2ccccc2)(c2ccccc2)C(C)(C)C)CC1. The minimum absolute atomic E-state index is 0.0635. The van der Waals surface area contributed by atoms with Crippen LogP contribution >= 0.6 is 22.6 Å². The molecule has 6 nitrogen and oxygen atoms in total. The van der Waals surface area contributed by atoms with Crippen molar-refractivity contribution in [3.05, 3.63) is 88.5 Å². The van der Waals surface area contributed by atoms with Crippen LogP contribution in [0.1, 0.15) is 54.4 Å². The minimum Gasteiger partial charge on any atom is -0.459 e. The second-order valence-electron chi connectivity index (χ2n) is 15.4. The van der Waals surface area contributed by atoms with E-state index in [1.54, 1.807) is 0 Å². The van der Waals surface area contributed by atoms with Crippen molar-refractivity contribution in [3.63, 3.8) is 0 Å². The fraction of sp³-hybridized carbons (Fsp3) is 0.513. The number of carbonyl (C=O) groups excluding carboxylic acids is 1. The van der Waals surface area contributed by atoms with E-state index in [0.29, 0.717) is 19.1 Å². The molecule has 2 aliphatic heterocycles. The molecule has 0 unspecified atom stereocenters. The van der Waals surface area contributed by atoms with Crippen molar-refractivity contribution < 1.29 is 14.0 Å². The molecule has 2 heterocycles. The van der Waals surface area contributed by atoms with Crippen LogP contribution in [0, 0.1) is 9.49 Å². The van der Waals surface area contributed by atoms with Gasteiger partial charge >= 0.3 is 5.97 Å². The molecule has 47 heavy (non-hydrogen) atoms. The fourth-order valence-corrected chi connectivity index (χ4v) is 12.3. The zero-order valence-corrected chi connectivity index (χ0v) is 32.4. The number of anilines is 1. The summed E-state index contributed by atoms with van der Waals surface area (Å²) in [5.41, 5.74) is 0.845. The fourth-order valence-electron chi connectivity index (χ4n) is 7.38. The third-order valence-electron chi connectivity index (χ3n) is 9.68. The highest BCUT2D eigenvalue weighted by Crippen LogP contribution is 2.37. The lowest BCUT2D eigenvalue weighted by molar-refractivity contribution is -0.156. The van der Waals surface area contributed by atoms with E-state index in [4.69, 9.17) is 9.16 Å². The van der Waals surface area contributed by atoms with E-state index < -0.39 is 13.9 Å². The number of halogens is 1. The van der Waals surface area contributed by atoms with Gasteiger partial charge in [0.2, 0.25) is 0 Å². The monoisotopic (exact) mass is 767 g/mol. The Hall–Kier alpha value is -2.24. The molecule has 0 saturated carbocycles. The topological polar surface area (TPSA) is 45.2 Å². The summed E-state index contributed by atoms with van der Waals surface area (Å²) < 4.78 is 14.4. The molecule has 0 aliphatic carbocycles. The van der Waals surface area contributed by atoms with E-state index in [9.17, 15) is 4.79 Å². The highest BCUT2D eigenvalue weighted by molar-refractivity contribution is 14.1. The van der Waals surface area contributed by atoms with E-state index in [-0.39, 0.29) is 17.0 Å². The van der Waals surface area contributed by atoms with Gasteiger partial charge in [0.15, 0.2) is 0 Å². The number of hydrogen-bond donors (Lipinski definition) is 0. The van der Waals surface area contributed by atoms with Gasteiger partial charge in [0.05, 0.1) is 13.2 Å². The second kappa shape index (κ2) is 15.5. The van der Waals surface area contributed by atoms with Gasteiger partial charge in [-0.15, -0.1) is 0 Å². The maximum Gasteiger partial charge on any atom is 0.320 e. The molecule has 254 valence electrons. The van der Waals surface area contributed by atoms with Crippen LogP contribution in [0.3, 0.4) is 0 Å². The van der Waals surface area contributed by atoms with Gasteiger partial charge in [0.1, 0.15) is 5.60 Å². The predicted octanol–water partition coefficient (Wildman–Crippen LogP) is 6.41. The lowest BCUT2D eigenvalue weighted by atomic mass is 9.95. The number of piperazine rings is 1. The van der Waals surface area contributed by atoms with Crippen LogP contribution in [-0.4, -0.2) is 88.1 Å². The molecule has 5 rings (SSSR count). The second-order valence-corrected chi connectivity index (χ2v) is 20.9. The van der Waals surface area contributed by atoms with Gasteiger partial charge in [-0.2, -0.15) is 0 Å². The first-order valence-corrected chi connectivity index (χ1v) is 20.3. The van der Waals surface area contributed by atoms with E-state index >= 15 is 0 Å². The Kier molecular flexibility index (Phi) is 11.9. The van der Waals surface area contributed by atoms with Gasteiger partial charge < -0.3 is 14.1 Å². The van der Waals surface area contributed by atoms with Crippen molar-refractivity contribution in [2.24, 2.45) is 5.92 Å². The average Bonchev–Trinajstić information content (AvgIpc) is 3.03. The Bertz CT molecular complexity index is 1380. The van der Waals surface area contributed by atoms with Crippen molar-refractivity contribution in [3.8, 4) is 0 Å². The summed E-state index contributed by atoms with van der Waals surface area (Å²) in [4.78, 5) is 20.0. The largest absolute Gasteiger partial charge is 0.459 e. The smallest absolute Gasteiger partial charge is 0.320 e. The van der Waals surface area contributed by atoms with Gasteiger partial charge in [-0.25, -0.2) is 0 Å². The predicted molar refractivity (Wildman–Crippen MR) is 205 cm³/mol. The molecule has 0 amide bonds. The number of hydrogen-bond acceptors (Lipinski definition) is 6. The molecule has 8 heteroatoms. The van der Waals surface area contributed by atoms with Crippen LogP contribution in [0.4, 0.5) is 5.69 Å². The van der Waals surface area contributed by atoms with Gasteiger partial charge in [-0.3, -0.25) is 14.6 Å². The van der Waals surface area contributed by atoms with Crippen molar-refractivity contribution in [1.82, 2.24) is 9.80 Å². The first kappa shape index (κ1) is 36.0. The lowest BCUT2D eigenvalue weighted by Gasteiger charge is -2.48. The van der Waals surface area contributed by atoms with Gasteiger partial charge in [0.25, 0.3) is 8.32 Å². The number of piperidine rings is 1. The summed E-state index contributed by atoms with van der Waals surface area (Å²) in [6.45, 7) is 19.9. The first-order chi connectivity index (χ1) is 22.3. The van der Waals surface area contributed by atoms with Crippen molar-refractivity contribution in [1.29, 1.82) is 0 Å². The first-order valence-electron chi connectivity index (χ1n) is 17.3. The number of rotatable bonds is 10. The van der Waals surface area contributed by atoms with E-state index in [1.807, 2.05) is 20.8 Å². The van der Waals surface area contributed by atoms with Gasteiger partial charge in [0, 0.05) is 41.5 Å². The molecule has 2 saturated heterocycles. The van der Waals surface area contributed by atoms with Crippen LogP contribution in [0.2, 0.25) is 5.04 Å². The van der Waals surface area contributed by atoms with E-state index in [0.717, 1.165) is 52.1 Å². The summed E-state index contributed by atoms with van der Waals surface area (Å²) in [6, 6.07) is 31.2. The Labute approximate surface area is 298 Å². The molecule has 2 fully saturated rings. The molecule has 3 aromatic carbocycles. The highest BCUT2D eigenvalue weighted by Gasteiger charge is 2.50. The molecular formula is C39H54IN3O3Si. The summed E-state index contributed by atoms with van der Waals surface area (Å²) >= 11 is 2.39. The van der Waals surface area contributed by atoms with E-state index in [2.05, 4.69) is 143 Å². The van der Waals surface area contributed by atoms with E-state index in [1.165, 1.54) is 19.6 Å². The third-order valence-corrected chi connectivity index (χ3v) is 15.4. The zero-order valence-electron chi connectivity index (χ0n) is 29.3. The average molecular weight is 768 g/mol. The molecule has 0 bridgehead atoms. The van der Waals surface area contributed by atoms with Crippen LogP contribution in [0.5, 0.6) is 0 Å². The summed E-state index contributed by atoms with van der Waals surface area (Å²) in [5.74, 6) is 0.480. The normalized spacial score (nSPS) is 19.1. The van der Waals surface area contributed by atoms with Crippen molar-refractivity contribution in [2.75, 3.05) is 57.3 Å². The molecule has 3 aromatic rings. The zero-order chi connectivity index (χ0) is 33.7. The maximum atomic E-state index is 12.5. The Morgan fingerprint density at radius 3 is 1.91 bits per heavy atom. The van der Waals surface area contributed by atoms with Crippen LogP contribution in [0.15, 0.2) is 84.9 Å². The summed E-state index contributed by atoms with van der Waals surface area (Å²) in [7, 11) is -2.66. The Morgan fingerprint density at radius 2 is 1.38 bits per heavy atom. The Morgan fingerprint density at radius 1 is 0.809 bits per heavy atom. The molecular weight excluding hydrogens is 713 g/mol. The van der Waals surface area contributed by atoms with Crippen LogP contribution in [-0.2, 0) is 14.0 Å². The van der Waals surface area contributed by atoms with Gasteiger partial charge in [-0.05, 0) is 115 Å².